The summed E-state index contributed by atoms with van der Waals surface area (Å²) >= 11 is 3.40. The highest BCUT2D eigenvalue weighted by Crippen LogP contribution is 2.22. The lowest BCUT2D eigenvalue weighted by molar-refractivity contribution is -0.119. The van der Waals surface area contributed by atoms with Crippen LogP contribution < -0.4 is 10.7 Å². The Bertz CT molecular complexity index is 944. The van der Waals surface area contributed by atoms with Gasteiger partial charge in [0.1, 0.15) is 0 Å². The summed E-state index contributed by atoms with van der Waals surface area (Å²) in [6.07, 6.45) is 5.25. The average Bonchev–Trinajstić information content (AvgIpc) is 2.67. The second-order valence-corrected chi connectivity index (χ2v) is 6.52. The van der Waals surface area contributed by atoms with E-state index in [0.29, 0.717) is 0 Å². The zero-order valence-electron chi connectivity index (χ0n) is 14.0. The maximum absolute atomic E-state index is 11.9. The lowest BCUT2D eigenvalue weighted by Gasteiger charge is -2.08. The monoisotopic (exact) mass is 407 g/mol. The van der Waals surface area contributed by atoms with Gasteiger partial charge in [-0.15, -0.1) is 0 Å². The molecule has 0 aromatic heterocycles. The van der Waals surface area contributed by atoms with Gasteiger partial charge in [-0.05, 0) is 35.2 Å². The minimum absolute atomic E-state index is 0.155. The van der Waals surface area contributed by atoms with Crippen LogP contribution in [-0.2, 0) is 4.79 Å². The minimum Gasteiger partial charge on any atom is -0.376 e. The van der Waals surface area contributed by atoms with Crippen LogP contribution in [0.3, 0.4) is 0 Å². The second kappa shape index (κ2) is 8.97. The quantitative estimate of drug-likeness (QED) is 0.454. The molecule has 0 atom stereocenters. The lowest BCUT2D eigenvalue weighted by atomic mass is 10.1. The first-order valence-corrected chi connectivity index (χ1v) is 8.97. The Labute approximate surface area is 160 Å². The third-order valence-corrected chi connectivity index (χ3v) is 4.27. The lowest BCUT2D eigenvalue weighted by Crippen LogP contribution is -2.25. The van der Waals surface area contributed by atoms with Crippen molar-refractivity contribution in [2.45, 2.75) is 0 Å². The molecule has 0 aliphatic heterocycles. The summed E-state index contributed by atoms with van der Waals surface area (Å²) in [5.74, 6) is -0.203. The maximum atomic E-state index is 11.9. The molecule has 0 spiro atoms. The molecule has 2 N–H and O–H groups in total. The van der Waals surface area contributed by atoms with E-state index in [1.54, 1.807) is 12.3 Å². The number of nitrogens with one attached hydrogen (secondary N) is 2. The molecule has 0 radical (unpaired) electrons. The van der Waals surface area contributed by atoms with Crippen molar-refractivity contribution in [2.75, 3.05) is 11.9 Å². The molecule has 0 saturated heterocycles. The number of carbonyl (C=O) groups excluding carboxylic acids is 1. The van der Waals surface area contributed by atoms with E-state index in [1.807, 2.05) is 72.8 Å². The Hall–Kier alpha value is -2.92. The van der Waals surface area contributed by atoms with Gasteiger partial charge < -0.3 is 5.32 Å². The summed E-state index contributed by atoms with van der Waals surface area (Å²) in [5.41, 5.74) is 4.49. The summed E-state index contributed by atoms with van der Waals surface area (Å²) in [7, 11) is 0. The normalized spacial score (nSPS) is 11.3. The largest absolute Gasteiger partial charge is 0.376 e. The van der Waals surface area contributed by atoms with Gasteiger partial charge in [0.05, 0.1) is 6.54 Å². The van der Waals surface area contributed by atoms with Crippen LogP contribution in [0.1, 0.15) is 5.56 Å². The number of hydrogen-bond acceptors (Lipinski definition) is 3. The first-order valence-electron chi connectivity index (χ1n) is 8.18. The van der Waals surface area contributed by atoms with Crippen LogP contribution in [0.4, 0.5) is 5.69 Å². The predicted octanol–water partition coefficient (Wildman–Crippen LogP) is 4.83. The number of nitrogens with zero attached hydrogens (tertiary/aromatic N) is 1. The number of hydrogen-bond donors (Lipinski definition) is 2. The molecule has 0 aliphatic rings. The van der Waals surface area contributed by atoms with Gasteiger partial charge in [0.25, 0.3) is 5.91 Å². The number of hydrazone groups is 1. The number of allylic oxidation sites excluding steroid dienone is 1. The molecule has 3 aromatic rings. The van der Waals surface area contributed by atoms with Crippen LogP contribution >= 0.6 is 15.9 Å². The van der Waals surface area contributed by atoms with Gasteiger partial charge in [0.2, 0.25) is 0 Å². The van der Waals surface area contributed by atoms with E-state index in [-0.39, 0.29) is 12.5 Å². The summed E-state index contributed by atoms with van der Waals surface area (Å²) in [5, 5.41) is 9.29. The minimum atomic E-state index is -0.203. The van der Waals surface area contributed by atoms with Gasteiger partial charge in [-0.2, -0.15) is 5.10 Å². The Balaban J connectivity index is 1.49. The molecule has 4 nitrogen and oxygen atoms in total. The van der Waals surface area contributed by atoms with E-state index < -0.39 is 0 Å². The van der Waals surface area contributed by atoms with Crippen LogP contribution in [0.15, 0.2) is 82.4 Å². The SMILES string of the molecule is O=C(CNc1cccc2ccccc12)N/N=C/C=C/c1ccc(Br)cc1. The van der Waals surface area contributed by atoms with Crippen molar-refractivity contribution in [2.24, 2.45) is 5.10 Å². The van der Waals surface area contributed by atoms with E-state index >= 15 is 0 Å². The molecule has 0 heterocycles. The molecule has 26 heavy (non-hydrogen) atoms. The van der Waals surface area contributed by atoms with Gasteiger partial charge in [-0.25, -0.2) is 5.43 Å². The molecular formula is C21H18BrN3O. The standard InChI is InChI=1S/C21H18BrN3O/c22-18-12-10-16(11-13-18)5-4-14-24-25-21(26)15-23-20-9-3-7-17-6-1-2-8-19(17)20/h1-14,23H,15H2,(H,25,26)/b5-4+,24-14+. The third kappa shape index (κ3) is 5.04. The molecule has 3 aromatic carbocycles. The molecule has 0 saturated carbocycles. The summed E-state index contributed by atoms with van der Waals surface area (Å²) < 4.78 is 1.04. The number of benzene rings is 3. The zero-order valence-corrected chi connectivity index (χ0v) is 15.6. The Morgan fingerprint density at radius 3 is 2.62 bits per heavy atom. The third-order valence-electron chi connectivity index (χ3n) is 3.74. The summed E-state index contributed by atoms with van der Waals surface area (Å²) in [6, 6.07) is 21.9. The molecule has 3 rings (SSSR count). The highest BCUT2D eigenvalue weighted by molar-refractivity contribution is 9.10. The van der Waals surface area contributed by atoms with Crippen LogP contribution in [0, 0.1) is 0 Å². The van der Waals surface area contributed by atoms with Crippen molar-refractivity contribution in [3.63, 3.8) is 0 Å². The Morgan fingerprint density at radius 1 is 1.00 bits per heavy atom. The number of fused-ring (bicyclic) bond motifs is 1. The molecule has 0 bridgehead atoms. The molecule has 0 aliphatic carbocycles. The summed E-state index contributed by atoms with van der Waals surface area (Å²) in [4.78, 5) is 11.9. The molecule has 0 unspecified atom stereocenters. The van der Waals surface area contributed by atoms with Crippen LogP contribution in [0.25, 0.3) is 16.8 Å². The van der Waals surface area contributed by atoms with Crippen molar-refractivity contribution in [1.29, 1.82) is 0 Å². The van der Waals surface area contributed by atoms with Gasteiger partial charge >= 0.3 is 0 Å². The fourth-order valence-electron chi connectivity index (χ4n) is 2.47. The molecule has 1 amide bonds. The Morgan fingerprint density at radius 2 is 1.77 bits per heavy atom. The zero-order chi connectivity index (χ0) is 18.2. The predicted molar refractivity (Wildman–Crippen MR) is 112 cm³/mol. The molecule has 5 heteroatoms. The van der Waals surface area contributed by atoms with E-state index in [0.717, 1.165) is 26.5 Å². The summed E-state index contributed by atoms with van der Waals surface area (Å²) in [6.45, 7) is 0.155. The number of rotatable bonds is 6. The van der Waals surface area contributed by atoms with Crippen molar-refractivity contribution in [3.8, 4) is 0 Å². The molecule has 0 fully saturated rings. The van der Waals surface area contributed by atoms with Crippen LogP contribution in [-0.4, -0.2) is 18.7 Å². The first-order chi connectivity index (χ1) is 12.7. The first kappa shape index (κ1) is 17.9. The van der Waals surface area contributed by atoms with E-state index in [9.17, 15) is 4.79 Å². The van der Waals surface area contributed by atoms with Crippen molar-refractivity contribution in [1.82, 2.24) is 5.43 Å². The fourth-order valence-corrected chi connectivity index (χ4v) is 2.74. The fraction of sp³-hybridized carbons (Fsp3) is 0.0476. The number of amides is 1. The van der Waals surface area contributed by atoms with E-state index in [4.69, 9.17) is 0 Å². The highest BCUT2D eigenvalue weighted by atomic mass is 79.9. The van der Waals surface area contributed by atoms with Crippen molar-refractivity contribution >= 4 is 50.6 Å². The average molecular weight is 408 g/mol. The number of carbonyl (C=O) groups is 1. The van der Waals surface area contributed by atoms with E-state index in [1.165, 1.54) is 0 Å². The van der Waals surface area contributed by atoms with Gasteiger partial charge in [0, 0.05) is 21.8 Å². The molecule has 130 valence electrons. The van der Waals surface area contributed by atoms with Gasteiger partial charge in [-0.3, -0.25) is 4.79 Å². The Kier molecular flexibility index (Phi) is 6.17. The number of anilines is 1. The van der Waals surface area contributed by atoms with Crippen molar-refractivity contribution < 1.29 is 4.79 Å². The van der Waals surface area contributed by atoms with Crippen molar-refractivity contribution in [3.05, 3.63) is 82.8 Å². The van der Waals surface area contributed by atoms with Crippen LogP contribution in [0.2, 0.25) is 0 Å². The van der Waals surface area contributed by atoms with Gasteiger partial charge in [-0.1, -0.05) is 70.5 Å². The molecular weight excluding hydrogens is 390 g/mol. The smallest absolute Gasteiger partial charge is 0.259 e. The van der Waals surface area contributed by atoms with E-state index in [2.05, 4.69) is 31.8 Å². The maximum Gasteiger partial charge on any atom is 0.259 e. The highest BCUT2D eigenvalue weighted by Gasteiger charge is 2.02. The topological polar surface area (TPSA) is 53.5 Å². The van der Waals surface area contributed by atoms with Crippen LogP contribution in [0.5, 0.6) is 0 Å². The second-order valence-electron chi connectivity index (χ2n) is 5.60. The number of halogens is 1. The van der Waals surface area contributed by atoms with Gasteiger partial charge in [0.15, 0.2) is 0 Å².